The maximum Gasteiger partial charge on any atom is 0.356 e. The summed E-state index contributed by atoms with van der Waals surface area (Å²) in [5, 5.41) is 1.53. The molecule has 164 valence electrons. The average molecular weight is 452 g/mol. The molecule has 1 N–H and O–H groups in total. The van der Waals surface area contributed by atoms with Gasteiger partial charge >= 0.3 is 5.97 Å². The highest BCUT2D eigenvalue weighted by atomic mass is 32.2. The number of rotatable bonds is 6. The highest BCUT2D eigenvalue weighted by Crippen LogP contribution is 2.36. The molecule has 8 nitrogen and oxygen atoms in total. The number of hydrogen-bond donors (Lipinski definition) is 1. The summed E-state index contributed by atoms with van der Waals surface area (Å²) in [4.78, 5) is 50.1. The molecule has 0 bridgehead atoms. The van der Waals surface area contributed by atoms with Crippen molar-refractivity contribution in [3.05, 3.63) is 83.1 Å². The summed E-state index contributed by atoms with van der Waals surface area (Å²) in [6.07, 6.45) is -0.359. The first kappa shape index (κ1) is 21.6. The molecule has 0 radical (unpaired) electrons. The van der Waals surface area contributed by atoms with E-state index in [0.717, 1.165) is 4.90 Å². The molecule has 2 aromatic rings. The normalized spacial score (nSPS) is 22.1. The Morgan fingerprint density at radius 2 is 1.66 bits per heavy atom. The van der Waals surface area contributed by atoms with Crippen molar-refractivity contribution in [1.29, 1.82) is 0 Å². The molecule has 2 heterocycles. The molecule has 1 fully saturated rings. The Morgan fingerprint density at radius 1 is 1.09 bits per heavy atom. The Bertz CT molecular complexity index is 1090. The van der Waals surface area contributed by atoms with E-state index in [-0.39, 0.29) is 17.0 Å². The molecular weight excluding hydrogens is 432 g/mol. The molecule has 1 saturated heterocycles. The number of hydrogen-bond acceptors (Lipinski definition) is 6. The van der Waals surface area contributed by atoms with Gasteiger partial charge in [-0.1, -0.05) is 60.7 Å². The van der Waals surface area contributed by atoms with Crippen LogP contribution in [0.4, 0.5) is 0 Å². The van der Waals surface area contributed by atoms with Gasteiger partial charge < -0.3 is 10.1 Å². The molecule has 0 saturated carbocycles. The lowest BCUT2D eigenvalue weighted by molar-refractivity contribution is -0.154. The zero-order chi connectivity index (χ0) is 22.8. The first-order chi connectivity index (χ1) is 15.4. The van der Waals surface area contributed by atoms with Gasteiger partial charge in [0.25, 0.3) is 5.91 Å². The number of nitrogens with zero attached hydrogens (tertiary/aromatic N) is 1. The third kappa shape index (κ3) is 3.87. The van der Waals surface area contributed by atoms with Crippen LogP contribution in [0, 0.1) is 0 Å². The second-order valence-corrected chi connectivity index (χ2v) is 8.93. The van der Waals surface area contributed by atoms with Crippen LogP contribution in [-0.2, 0) is 34.7 Å². The van der Waals surface area contributed by atoms with Gasteiger partial charge in [-0.2, -0.15) is 0 Å². The monoisotopic (exact) mass is 452 g/mol. The minimum absolute atomic E-state index is 0.0703. The van der Waals surface area contributed by atoms with Gasteiger partial charge in [-0.05, 0) is 11.1 Å². The van der Waals surface area contributed by atoms with Gasteiger partial charge in [0, 0.05) is 12.5 Å². The van der Waals surface area contributed by atoms with Crippen molar-refractivity contribution in [2.75, 3.05) is 5.75 Å². The summed E-state index contributed by atoms with van der Waals surface area (Å²) in [7, 11) is -1.65. The zero-order valence-electron chi connectivity index (χ0n) is 17.1. The second kappa shape index (κ2) is 8.88. The number of esters is 1. The first-order valence-electron chi connectivity index (χ1n) is 9.89. The Morgan fingerprint density at radius 3 is 2.16 bits per heavy atom. The van der Waals surface area contributed by atoms with E-state index in [1.807, 2.05) is 36.4 Å². The first-order valence-corrected chi connectivity index (χ1v) is 11.3. The lowest BCUT2D eigenvalue weighted by Crippen LogP contribution is -2.73. The lowest BCUT2D eigenvalue weighted by atomic mass is 10.0. The molecule has 32 heavy (non-hydrogen) atoms. The van der Waals surface area contributed by atoms with E-state index >= 15 is 0 Å². The van der Waals surface area contributed by atoms with Crippen molar-refractivity contribution in [1.82, 2.24) is 10.2 Å². The molecule has 2 aliphatic rings. The van der Waals surface area contributed by atoms with E-state index in [0.29, 0.717) is 17.4 Å². The SMILES string of the molecule is CC(=O)NC1C(=O)N2C(C(=O)OC(c3ccccc3)c3ccccc3)=C(C=O)CS(=O)[C@H]12. The smallest absolute Gasteiger partial charge is 0.356 e. The van der Waals surface area contributed by atoms with Crippen molar-refractivity contribution in [2.24, 2.45) is 0 Å². The molecule has 9 heteroatoms. The van der Waals surface area contributed by atoms with Crippen LogP contribution < -0.4 is 5.32 Å². The minimum atomic E-state index is -1.65. The minimum Gasteiger partial charge on any atom is -0.448 e. The summed E-state index contributed by atoms with van der Waals surface area (Å²) in [5.41, 5.74) is 1.12. The van der Waals surface area contributed by atoms with Crippen molar-refractivity contribution < 1.29 is 28.1 Å². The Balaban J connectivity index is 1.68. The molecule has 3 atom stereocenters. The molecule has 0 aromatic heterocycles. The van der Waals surface area contributed by atoms with Crippen molar-refractivity contribution in [3.63, 3.8) is 0 Å². The van der Waals surface area contributed by atoms with Crippen LogP contribution in [0.2, 0.25) is 0 Å². The third-order valence-electron chi connectivity index (χ3n) is 5.28. The number of fused-ring (bicyclic) bond motifs is 1. The Hall–Kier alpha value is -3.59. The van der Waals surface area contributed by atoms with Crippen molar-refractivity contribution in [2.45, 2.75) is 24.4 Å². The van der Waals surface area contributed by atoms with Crippen LogP contribution >= 0.6 is 0 Å². The van der Waals surface area contributed by atoms with Gasteiger partial charge in [-0.3, -0.25) is 23.5 Å². The second-order valence-electron chi connectivity index (χ2n) is 7.40. The average Bonchev–Trinajstić information content (AvgIpc) is 2.81. The summed E-state index contributed by atoms with van der Waals surface area (Å²) < 4.78 is 18.4. The number of aldehydes is 1. The zero-order valence-corrected chi connectivity index (χ0v) is 17.9. The van der Waals surface area contributed by atoms with Gasteiger partial charge in [0.15, 0.2) is 6.10 Å². The maximum atomic E-state index is 13.3. The lowest BCUT2D eigenvalue weighted by Gasteiger charge is -2.48. The molecule has 2 aliphatic heterocycles. The number of amides is 2. The van der Waals surface area contributed by atoms with Crippen molar-refractivity contribution >= 4 is 34.9 Å². The van der Waals surface area contributed by atoms with E-state index in [1.165, 1.54) is 6.92 Å². The summed E-state index contributed by atoms with van der Waals surface area (Å²) >= 11 is 0. The number of nitrogens with one attached hydrogen (secondary N) is 1. The summed E-state index contributed by atoms with van der Waals surface area (Å²) in [5.74, 6) is -2.15. The van der Waals surface area contributed by atoms with E-state index in [2.05, 4.69) is 5.32 Å². The van der Waals surface area contributed by atoms with E-state index in [9.17, 15) is 23.4 Å². The van der Waals surface area contributed by atoms with Crippen LogP contribution in [-0.4, -0.2) is 50.3 Å². The fourth-order valence-corrected chi connectivity index (χ4v) is 5.47. The Kier molecular flexibility index (Phi) is 6.00. The van der Waals surface area contributed by atoms with Crippen LogP contribution in [0.25, 0.3) is 0 Å². The van der Waals surface area contributed by atoms with Crippen molar-refractivity contribution in [3.8, 4) is 0 Å². The van der Waals surface area contributed by atoms with E-state index < -0.39 is 46.1 Å². The molecular formula is C23H20N2O6S. The predicted octanol–water partition coefficient (Wildman–Crippen LogP) is 1.21. The maximum absolute atomic E-state index is 13.3. The van der Waals surface area contributed by atoms with Gasteiger partial charge in [-0.25, -0.2) is 4.79 Å². The standard InChI is InChI=1S/C23H20N2O6S/c1-14(27)24-18-21(28)25-19(17(12-26)13-32(30)22(18)25)23(29)31-20(15-8-4-2-5-9-15)16-10-6-3-7-11-16/h2-12,18,20,22H,13H2,1H3,(H,24,27)/t18?,22-,32?/m1/s1. The fourth-order valence-electron chi connectivity index (χ4n) is 3.85. The number of ether oxygens (including phenoxy) is 1. The van der Waals surface area contributed by atoms with Gasteiger partial charge in [0.1, 0.15) is 23.4 Å². The number of benzene rings is 2. The number of carbonyl (C=O) groups is 4. The molecule has 2 unspecified atom stereocenters. The summed E-state index contributed by atoms with van der Waals surface area (Å²) in [6.45, 7) is 1.24. The van der Waals surface area contributed by atoms with E-state index in [4.69, 9.17) is 4.74 Å². The highest BCUT2D eigenvalue weighted by molar-refractivity contribution is 7.86. The largest absolute Gasteiger partial charge is 0.448 e. The Labute approximate surface area is 186 Å². The number of β-lactam (4-membered cyclic amide) rings is 1. The third-order valence-corrected chi connectivity index (χ3v) is 6.90. The predicted molar refractivity (Wildman–Crippen MR) is 115 cm³/mol. The topological polar surface area (TPSA) is 110 Å². The summed E-state index contributed by atoms with van der Waals surface area (Å²) in [6, 6.07) is 17.1. The van der Waals surface area contributed by atoms with Crippen LogP contribution in [0.1, 0.15) is 24.2 Å². The van der Waals surface area contributed by atoms with Crippen LogP contribution in [0.15, 0.2) is 71.9 Å². The van der Waals surface area contributed by atoms with Crippen LogP contribution in [0.3, 0.4) is 0 Å². The molecule has 0 spiro atoms. The quantitative estimate of drug-likeness (QED) is 0.401. The molecule has 2 aromatic carbocycles. The molecule has 0 aliphatic carbocycles. The molecule has 2 amide bonds. The fraction of sp³-hybridized carbons (Fsp3) is 0.217. The highest BCUT2D eigenvalue weighted by Gasteiger charge is 2.57. The van der Waals surface area contributed by atoms with Crippen LogP contribution in [0.5, 0.6) is 0 Å². The van der Waals surface area contributed by atoms with Gasteiger partial charge in [0.05, 0.1) is 16.6 Å². The van der Waals surface area contributed by atoms with E-state index in [1.54, 1.807) is 24.3 Å². The van der Waals surface area contributed by atoms with Gasteiger partial charge in [0.2, 0.25) is 5.91 Å². The molecule has 4 rings (SSSR count). The number of carbonyl (C=O) groups excluding carboxylic acids is 4. The van der Waals surface area contributed by atoms with Gasteiger partial charge in [-0.15, -0.1) is 0 Å².